The maximum absolute atomic E-state index is 12.5. The lowest BCUT2D eigenvalue weighted by Crippen LogP contribution is -2.26. The van der Waals surface area contributed by atoms with E-state index in [0.29, 0.717) is 0 Å². The molecule has 1 rings (SSSR count). The molecular formula is C9H13F3N4O2S. The van der Waals surface area contributed by atoms with Crippen LogP contribution in [-0.4, -0.2) is 36.4 Å². The van der Waals surface area contributed by atoms with Gasteiger partial charge in [-0.25, -0.2) is 18.4 Å². The van der Waals surface area contributed by atoms with Crippen molar-refractivity contribution < 1.29 is 21.6 Å². The van der Waals surface area contributed by atoms with Crippen molar-refractivity contribution in [3.63, 3.8) is 0 Å². The molecule has 0 aliphatic carbocycles. The number of hydrogen-bond acceptors (Lipinski definition) is 6. The molecule has 0 aromatic carbocycles. The third kappa shape index (κ3) is 5.28. The fourth-order valence-electron chi connectivity index (χ4n) is 1.41. The molecule has 0 bridgehead atoms. The number of anilines is 2. The summed E-state index contributed by atoms with van der Waals surface area (Å²) in [6.45, 7) is 1.51. The van der Waals surface area contributed by atoms with Crippen molar-refractivity contribution >= 4 is 21.5 Å². The van der Waals surface area contributed by atoms with E-state index < -0.39 is 27.9 Å². The van der Waals surface area contributed by atoms with Gasteiger partial charge in [0.25, 0.3) is 0 Å². The highest BCUT2D eigenvalue weighted by Crippen LogP contribution is 2.27. The molecule has 1 atom stereocenters. The van der Waals surface area contributed by atoms with Crippen LogP contribution >= 0.6 is 0 Å². The molecule has 108 valence electrons. The first-order chi connectivity index (χ1) is 8.47. The maximum atomic E-state index is 12.5. The molecule has 6 nitrogen and oxygen atoms in total. The first kappa shape index (κ1) is 15.5. The molecule has 0 radical (unpaired) electrons. The molecule has 1 aromatic heterocycles. The van der Waals surface area contributed by atoms with Crippen LogP contribution < -0.4 is 11.1 Å². The predicted molar refractivity (Wildman–Crippen MR) is 64.2 cm³/mol. The number of sulfone groups is 1. The average Bonchev–Trinajstić information content (AvgIpc) is 2.11. The summed E-state index contributed by atoms with van der Waals surface area (Å²) in [5, 5.41) is 2.54. The normalized spacial score (nSPS) is 14.2. The standard InChI is InChI=1S/C9H13F3N4O2S/c1-5(4-19(2,17)18)14-7-3-6(13)15-8(16-7)9(10,11)12/h3,5H,4H2,1-2H3,(H3,13,14,15,16). The molecule has 1 heterocycles. The van der Waals surface area contributed by atoms with E-state index in [1.54, 1.807) is 0 Å². The Morgan fingerprint density at radius 2 is 2.00 bits per heavy atom. The maximum Gasteiger partial charge on any atom is 0.451 e. The number of aromatic nitrogens is 2. The van der Waals surface area contributed by atoms with Gasteiger partial charge < -0.3 is 11.1 Å². The molecular weight excluding hydrogens is 285 g/mol. The summed E-state index contributed by atoms with van der Waals surface area (Å²) in [4.78, 5) is 6.32. The van der Waals surface area contributed by atoms with Crippen molar-refractivity contribution in [1.82, 2.24) is 9.97 Å². The summed E-state index contributed by atoms with van der Waals surface area (Å²) in [6, 6.07) is 0.499. The van der Waals surface area contributed by atoms with E-state index in [2.05, 4.69) is 15.3 Å². The number of rotatable bonds is 4. The fourth-order valence-corrected chi connectivity index (χ4v) is 2.41. The van der Waals surface area contributed by atoms with Crippen LogP contribution in [0.15, 0.2) is 6.07 Å². The first-order valence-corrected chi connectivity index (χ1v) is 7.19. The van der Waals surface area contributed by atoms with Gasteiger partial charge in [0.2, 0.25) is 5.82 Å². The van der Waals surface area contributed by atoms with E-state index in [1.807, 2.05) is 0 Å². The number of nitrogen functional groups attached to an aromatic ring is 1. The smallest absolute Gasteiger partial charge is 0.384 e. The van der Waals surface area contributed by atoms with Crippen LogP contribution in [0.5, 0.6) is 0 Å². The molecule has 0 saturated carbocycles. The van der Waals surface area contributed by atoms with Crippen LogP contribution in [0.2, 0.25) is 0 Å². The number of nitrogens with zero attached hydrogens (tertiary/aromatic N) is 2. The molecule has 0 aliphatic heterocycles. The minimum atomic E-state index is -4.72. The summed E-state index contributed by atoms with van der Waals surface area (Å²) in [6.07, 6.45) is -3.69. The predicted octanol–water partition coefficient (Wildman–Crippen LogP) is 0.923. The van der Waals surface area contributed by atoms with Gasteiger partial charge in [0.15, 0.2) is 0 Å². The minimum absolute atomic E-state index is 0.170. The Kier molecular flexibility index (Phi) is 4.23. The Morgan fingerprint density at radius 3 is 2.47 bits per heavy atom. The molecule has 1 unspecified atom stereocenters. The van der Waals surface area contributed by atoms with Crippen LogP contribution in [0.1, 0.15) is 12.7 Å². The summed E-state index contributed by atoms with van der Waals surface area (Å²) in [5.41, 5.74) is 5.25. The van der Waals surface area contributed by atoms with Crippen molar-refractivity contribution in [2.24, 2.45) is 0 Å². The van der Waals surface area contributed by atoms with Crippen LogP contribution in [0.25, 0.3) is 0 Å². The highest BCUT2D eigenvalue weighted by Gasteiger charge is 2.35. The van der Waals surface area contributed by atoms with E-state index in [1.165, 1.54) is 6.92 Å². The van der Waals surface area contributed by atoms with E-state index in [4.69, 9.17) is 5.73 Å². The molecule has 0 saturated heterocycles. The summed E-state index contributed by atoms with van der Waals surface area (Å²) in [7, 11) is -3.25. The van der Waals surface area contributed by atoms with E-state index in [-0.39, 0.29) is 17.4 Å². The summed E-state index contributed by atoms with van der Waals surface area (Å²) >= 11 is 0. The zero-order valence-electron chi connectivity index (χ0n) is 10.2. The van der Waals surface area contributed by atoms with Gasteiger partial charge in [0, 0.05) is 18.4 Å². The van der Waals surface area contributed by atoms with Crippen molar-refractivity contribution in [2.75, 3.05) is 23.1 Å². The molecule has 3 N–H and O–H groups in total. The second-order valence-electron chi connectivity index (χ2n) is 4.14. The summed E-state index contributed by atoms with van der Waals surface area (Å²) < 4.78 is 59.5. The Morgan fingerprint density at radius 1 is 1.42 bits per heavy atom. The van der Waals surface area contributed by atoms with Crippen LogP contribution in [-0.2, 0) is 16.0 Å². The van der Waals surface area contributed by atoms with Gasteiger partial charge in [-0.1, -0.05) is 0 Å². The quantitative estimate of drug-likeness (QED) is 0.858. The lowest BCUT2D eigenvalue weighted by molar-refractivity contribution is -0.144. The van der Waals surface area contributed by atoms with E-state index >= 15 is 0 Å². The van der Waals surface area contributed by atoms with Gasteiger partial charge in [0.05, 0.1) is 5.75 Å². The molecule has 0 spiro atoms. The van der Waals surface area contributed by atoms with Crippen molar-refractivity contribution in [2.45, 2.75) is 19.1 Å². The Balaban J connectivity index is 2.93. The number of nitrogens with one attached hydrogen (secondary N) is 1. The number of hydrogen-bond donors (Lipinski definition) is 2. The first-order valence-electron chi connectivity index (χ1n) is 5.13. The van der Waals surface area contributed by atoms with Crippen molar-refractivity contribution in [3.8, 4) is 0 Å². The van der Waals surface area contributed by atoms with Gasteiger partial charge in [-0.15, -0.1) is 0 Å². The Hall–Kier alpha value is -1.58. The third-order valence-electron chi connectivity index (χ3n) is 1.95. The van der Waals surface area contributed by atoms with Gasteiger partial charge in [-0.2, -0.15) is 13.2 Å². The Bertz CT molecular complexity index is 559. The number of halogens is 3. The number of nitrogens with two attached hydrogens (primary N) is 1. The second kappa shape index (κ2) is 5.19. The van der Waals surface area contributed by atoms with Crippen molar-refractivity contribution in [3.05, 3.63) is 11.9 Å². The fraction of sp³-hybridized carbons (Fsp3) is 0.556. The molecule has 19 heavy (non-hydrogen) atoms. The molecule has 0 amide bonds. The van der Waals surface area contributed by atoms with Crippen LogP contribution in [0.3, 0.4) is 0 Å². The zero-order chi connectivity index (χ0) is 14.8. The highest BCUT2D eigenvalue weighted by atomic mass is 32.2. The SMILES string of the molecule is CC(CS(C)(=O)=O)Nc1cc(N)nc(C(F)(F)F)n1. The molecule has 1 aromatic rings. The molecule has 10 heteroatoms. The second-order valence-corrected chi connectivity index (χ2v) is 6.32. The van der Waals surface area contributed by atoms with E-state index in [0.717, 1.165) is 12.3 Å². The average molecular weight is 298 g/mol. The van der Waals surface area contributed by atoms with Gasteiger partial charge in [-0.05, 0) is 6.92 Å². The lowest BCUT2D eigenvalue weighted by atomic mass is 10.4. The number of alkyl halides is 3. The third-order valence-corrected chi connectivity index (χ3v) is 3.05. The zero-order valence-corrected chi connectivity index (χ0v) is 11.0. The van der Waals surface area contributed by atoms with E-state index in [9.17, 15) is 21.6 Å². The van der Waals surface area contributed by atoms with Crippen LogP contribution in [0, 0.1) is 0 Å². The summed E-state index contributed by atoms with van der Waals surface area (Å²) in [5.74, 6) is -2.13. The topological polar surface area (TPSA) is 98.0 Å². The monoisotopic (exact) mass is 298 g/mol. The Labute approximate surface area is 108 Å². The largest absolute Gasteiger partial charge is 0.451 e. The molecule has 0 aliphatic rings. The highest BCUT2D eigenvalue weighted by molar-refractivity contribution is 7.90. The lowest BCUT2D eigenvalue weighted by Gasteiger charge is -2.15. The van der Waals surface area contributed by atoms with Crippen molar-refractivity contribution in [1.29, 1.82) is 0 Å². The minimum Gasteiger partial charge on any atom is -0.384 e. The van der Waals surface area contributed by atoms with Gasteiger partial charge in [0.1, 0.15) is 21.5 Å². The molecule has 0 fully saturated rings. The van der Waals surface area contributed by atoms with Gasteiger partial charge in [-0.3, -0.25) is 0 Å². The van der Waals surface area contributed by atoms with Crippen LogP contribution in [0.4, 0.5) is 24.8 Å². The van der Waals surface area contributed by atoms with Gasteiger partial charge >= 0.3 is 6.18 Å².